The second kappa shape index (κ2) is 10.0. The van der Waals surface area contributed by atoms with Crippen LogP contribution in [-0.4, -0.2) is 35.5 Å². The fourth-order valence-electron chi connectivity index (χ4n) is 4.35. The quantitative estimate of drug-likeness (QED) is 0.287. The Morgan fingerprint density at radius 3 is 2.51 bits per heavy atom. The summed E-state index contributed by atoms with van der Waals surface area (Å²) in [5, 5.41) is 11.4. The van der Waals surface area contributed by atoms with Gasteiger partial charge in [-0.05, 0) is 60.4 Å². The number of aliphatic hydroxyl groups is 1. The molecule has 0 spiro atoms. The first-order chi connectivity index (χ1) is 16.9. The van der Waals surface area contributed by atoms with E-state index < -0.39 is 17.7 Å². The van der Waals surface area contributed by atoms with Crippen molar-refractivity contribution in [1.82, 2.24) is 4.98 Å². The first kappa shape index (κ1) is 24.0. The molecule has 0 saturated carbocycles. The predicted molar refractivity (Wildman–Crippen MR) is 134 cm³/mol. The van der Waals surface area contributed by atoms with Crippen molar-refractivity contribution in [3.8, 4) is 11.5 Å². The zero-order valence-corrected chi connectivity index (χ0v) is 20.2. The van der Waals surface area contributed by atoms with Crippen LogP contribution in [-0.2, 0) is 9.59 Å². The SMILES string of the molecule is CCOc1ccc(/C(O)=C2/C(=O)C(=O)N(c3ccccc3OC)C2c2cccnc2)cc1C(C)C. The van der Waals surface area contributed by atoms with Gasteiger partial charge in [0, 0.05) is 18.0 Å². The minimum absolute atomic E-state index is 0.00669. The molecule has 2 heterocycles. The molecule has 1 aromatic heterocycles. The number of carbonyl (C=O) groups is 2. The van der Waals surface area contributed by atoms with Gasteiger partial charge in [0.25, 0.3) is 11.7 Å². The zero-order chi connectivity index (χ0) is 25.1. The number of anilines is 1. The third-order valence-corrected chi connectivity index (χ3v) is 5.99. The van der Waals surface area contributed by atoms with Crippen LogP contribution in [0, 0.1) is 0 Å². The van der Waals surface area contributed by atoms with Crippen LogP contribution in [0.4, 0.5) is 5.69 Å². The Balaban J connectivity index is 1.94. The molecular weight excluding hydrogens is 444 g/mol. The Bertz CT molecular complexity index is 1280. The maximum Gasteiger partial charge on any atom is 0.300 e. The van der Waals surface area contributed by atoms with E-state index in [9.17, 15) is 14.7 Å². The molecule has 0 bridgehead atoms. The number of aromatic nitrogens is 1. The van der Waals surface area contributed by atoms with Gasteiger partial charge in [0.2, 0.25) is 0 Å². The number of ketones is 1. The van der Waals surface area contributed by atoms with Gasteiger partial charge in [-0.25, -0.2) is 0 Å². The number of amides is 1. The van der Waals surface area contributed by atoms with Crippen LogP contribution in [0.3, 0.4) is 0 Å². The highest BCUT2D eigenvalue weighted by molar-refractivity contribution is 6.51. The van der Waals surface area contributed by atoms with Crippen molar-refractivity contribution in [3.63, 3.8) is 0 Å². The normalized spacial score (nSPS) is 17.2. The highest BCUT2D eigenvalue weighted by Crippen LogP contribution is 2.45. The standard InChI is InChI=1S/C28H28N2O5/c1-5-35-22-13-12-18(15-20(22)17(2)3)26(31)24-25(19-9-8-14-29-16-19)30(28(33)27(24)32)21-10-6-7-11-23(21)34-4/h6-17,25,31H,5H2,1-4H3/b26-24-. The molecule has 1 saturated heterocycles. The van der Waals surface area contributed by atoms with Crippen LogP contribution >= 0.6 is 0 Å². The van der Waals surface area contributed by atoms with E-state index in [0.717, 1.165) is 11.3 Å². The second-order valence-corrected chi connectivity index (χ2v) is 8.47. The van der Waals surface area contributed by atoms with E-state index in [0.29, 0.717) is 29.2 Å². The van der Waals surface area contributed by atoms with Crippen LogP contribution in [0.15, 0.2) is 72.6 Å². The van der Waals surface area contributed by atoms with Gasteiger partial charge in [-0.3, -0.25) is 19.5 Å². The van der Waals surface area contributed by atoms with E-state index in [1.165, 1.54) is 12.0 Å². The average Bonchev–Trinajstić information content (AvgIpc) is 3.14. The van der Waals surface area contributed by atoms with E-state index in [-0.39, 0.29) is 17.3 Å². The number of rotatable bonds is 7. The van der Waals surface area contributed by atoms with Gasteiger partial charge < -0.3 is 14.6 Å². The van der Waals surface area contributed by atoms with Crippen LogP contribution in [0.2, 0.25) is 0 Å². The number of ether oxygens (including phenoxy) is 2. The summed E-state index contributed by atoms with van der Waals surface area (Å²) in [5.41, 5.74) is 2.35. The van der Waals surface area contributed by atoms with Crippen LogP contribution in [0.1, 0.15) is 49.4 Å². The average molecular weight is 473 g/mol. The third kappa shape index (κ3) is 4.37. The summed E-state index contributed by atoms with van der Waals surface area (Å²) in [7, 11) is 1.50. The number of para-hydroxylation sites is 2. The number of aliphatic hydroxyl groups excluding tert-OH is 1. The molecule has 1 fully saturated rings. The van der Waals surface area contributed by atoms with E-state index in [4.69, 9.17) is 9.47 Å². The van der Waals surface area contributed by atoms with Gasteiger partial charge in [-0.1, -0.05) is 32.0 Å². The molecule has 0 radical (unpaired) electrons. The van der Waals surface area contributed by atoms with Crippen molar-refractivity contribution < 1.29 is 24.2 Å². The summed E-state index contributed by atoms with van der Waals surface area (Å²) in [6, 6.07) is 14.9. The largest absolute Gasteiger partial charge is 0.507 e. The van der Waals surface area contributed by atoms with Crippen molar-refractivity contribution in [2.24, 2.45) is 0 Å². The lowest BCUT2D eigenvalue weighted by Gasteiger charge is -2.26. The number of pyridine rings is 1. The summed E-state index contributed by atoms with van der Waals surface area (Å²) < 4.78 is 11.2. The molecule has 7 heteroatoms. The lowest BCUT2D eigenvalue weighted by molar-refractivity contribution is -0.132. The highest BCUT2D eigenvalue weighted by atomic mass is 16.5. The maximum atomic E-state index is 13.4. The third-order valence-electron chi connectivity index (χ3n) is 5.99. The van der Waals surface area contributed by atoms with Gasteiger partial charge in [0.15, 0.2) is 0 Å². The van der Waals surface area contributed by atoms with Crippen LogP contribution < -0.4 is 14.4 Å². The molecule has 1 aliphatic rings. The monoisotopic (exact) mass is 472 g/mol. The smallest absolute Gasteiger partial charge is 0.300 e. The molecule has 3 aromatic rings. The van der Waals surface area contributed by atoms with Gasteiger partial charge in [0.1, 0.15) is 17.3 Å². The summed E-state index contributed by atoms with van der Waals surface area (Å²) in [6.07, 6.45) is 3.20. The summed E-state index contributed by atoms with van der Waals surface area (Å²) in [5.74, 6) is -0.500. The van der Waals surface area contributed by atoms with Crippen molar-refractivity contribution in [3.05, 3.63) is 89.3 Å². The van der Waals surface area contributed by atoms with E-state index in [1.807, 2.05) is 26.8 Å². The van der Waals surface area contributed by atoms with Crippen molar-refractivity contribution in [1.29, 1.82) is 0 Å². The van der Waals surface area contributed by atoms with Crippen molar-refractivity contribution in [2.75, 3.05) is 18.6 Å². The molecule has 0 aliphatic carbocycles. The number of Topliss-reactive ketones (excluding diaryl/α,β-unsaturated/α-hetero) is 1. The molecule has 1 unspecified atom stereocenters. The van der Waals surface area contributed by atoms with Crippen LogP contribution in [0.25, 0.3) is 5.76 Å². The molecule has 180 valence electrons. The highest BCUT2D eigenvalue weighted by Gasteiger charge is 2.47. The van der Waals surface area contributed by atoms with Gasteiger partial charge in [-0.2, -0.15) is 0 Å². The Labute approximate surface area is 204 Å². The second-order valence-electron chi connectivity index (χ2n) is 8.47. The zero-order valence-electron chi connectivity index (χ0n) is 20.2. The predicted octanol–water partition coefficient (Wildman–Crippen LogP) is 5.24. The number of carbonyl (C=O) groups excluding carboxylic acids is 2. The van der Waals surface area contributed by atoms with Gasteiger partial charge in [0.05, 0.1) is 31.0 Å². The number of benzene rings is 2. The first-order valence-corrected chi connectivity index (χ1v) is 11.5. The summed E-state index contributed by atoms with van der Waals surface area (Å²) >= 11 is 0. The Morgan fingerprint density at radius 2 is 1.86 bits per heavy atom. The lowest BCUT2D eigenvalue weighted by atomic mass is 9.93. The first-order valence-electron chi connectivity index (χ1n) is 11.5. The number of hydrogen-bond donors (Lipinski definition) is 1. The Kier molecular flexibility index (Phi) is 6.87. The van der Waals surface area contributed by atoms with Gasteiger partial charge >= 0.3 is 0 Å². The molecule has 1 aliphatic heterocycles. The van der Waals surface area contributed by atoms with Crippen molar-refractivity contribution in [2.45, 2.75) is 32.7 Å². The van der Waals surface area contributed by atoms with Crippen LogP contribution in [0.5, 0.6) is 11.5 Å². The minimum atomic E-state index is -0.880. The van der Waals surface area contributed by atoms with E-state index >= 15 is 0 Å². The molecule has 1 atom stereocenters. The van der Waals surface area contributed by atoms with E-state index in [1.54, 1.807) is 60.9 Å². The summed E-state index contributed by atoms with van der Waals surface area (Å²) in [6.45, 7) is 6.47. The Morgan fingerprint density at radius 1 is 1.09 bits per heavy atom. The fraction of sp³-hybridized carbons (Fsp3) is 0.250. The molecule has 1 amide bonds. The topological polar surface area (TPSA) is 89.0 Å². The summed E-state index contributed by atoms with van der Waals surface area (Å²) in [4.78, 5) is 32.3. The van der Waals surface area contributed by atoms with Crippen molar-refractivity contribution >= 4 is 23.1 Å². The molecular formula is C28H28N2O5. The van der Waals surface area contributed by atoms with Gasteiger partial charge in [-0.15, -0.1) is 0 Å². The minimum Gasteiger partial charge on any atom is -0.507 e. The molecule has 7 nitrogen and oxygen atoms in total. The lowest BCUT2D eigenvalue weighted by Crippen LogP contribution is -2.29. The molecule has 4 rings (SSSR count). The maximum absolute atomic E-state index is 13.4. The number of nitrogens with zero attached hydrogens (tertiary/aromatic N) is 2. The fourth-order valence-corrected chi connectivity index (χ4v) is 4.35. The number of methoxy groups -OCH3 is 1. The Hall–Kier alpha value is -4.13. The molecule has 1 N–H and O–H groups in total. The van der Waals surface area contributed by atoms with E-state index in [2.05, 4.69) is 4.98 Å². The molecule has 35 heavy (non-hydrogen) atoms. The number of hydrogen-bond acceptors (Lipinski definition) is 6. The molecule has 2 aromatic carbocycles.